The summed E-state index contributed by atoms with van der Waals surface area (Å²) in [5.41, 5.74) is 0.887. The zero-order valence-corrected chi connectivity index (χ0v) is 27.3. The molecule has 0 saturated heterocycles. The summed E-state index contributed by atoms with van der Waals surface area (Å²) in [7, 11) is -3.41. The number of unbranched alkanes of at least 4 members (excludes halogenated alkanes) is 2. The molecule has 0 aromatic heterocycles. The zero-order valence-electron chi connectivity index (χ0n) is 26.5. The number of anilines is 1. The predicted molar refractivity (Wildman–Crippen MR) is 172 cm³/mol. The van der Waals surface area contributed by atoms with Gasteiger partial charge in [-0.05, 0) is 88.8 Å². The van der Waals surface area contributed by atoms with Gasteiger partial charge in [0.15, 0.2) is 0 Å². The molecule has 1 aromatic carbocycles. The van der Waals surface area contributed by atoms with Crippen LogP contribution in [0.3, 0.4) is 0 Å². The van der Waals surface area contributed by atoms with Crippen LogP contribution in [-0.4, -0.2) is 86.0 Å². The summed E-state index contributed by atoms with van der Waals surface area (Å²) in [5.74, 6) is -0.0819. The van der Waals surface area contributed by atoms with E-state index in [0.717, 1.165) is 83.7 Å². The van der Waals surface area contributed by atoms with E-state index in [4.69, 9.17) is 0 Å². The molecule has 42 heavy (non-hydrogen) atoms. The van der Waals surface area contributed by atoms with Crippen LogP contribution in [0.25, 0.3) is 0 Å². The second-order valence-electron chi connectivity index (χ2n) is 12.5. The Morgan fingerprint density at radius 2 is 1.26 bits per heavy atom. The quantitative estimate of drug-likeness (QED) is 0.226. The molecule has 238 valence electrons. The van der Waals surface area contributed by atoms with Crippen LogP contribution in [0.15, 0.2) is 24.3 Å². The van der Waals surface area contributed by atoms with Crippen LogP contribution in [0.5, 0.6) is 0 Å². The first kappa shape index (κ1) is 34.4. The Kier molecular flexibility index (Phi) is 14.6. The van der Waals surface area contributed by atoms with Gasteiger partial charge < -0.3 is 14.7 Å². The summed E-state index contributed by atoms with van der Waals surface area (Å²) in [5, 5.41) is 0. The molecule has 0 unspecified atom stereocenters. The van der Waals surface area contributed by atoms with Crippen molar-refractivity contribution in [1.82, 2.24) is 14.7 Å². The Balaban J connectivity index is 1.78. The van der Waals surface area contributed by atoms with Crippen molar-refractivity contribution in [2.24, 2.45) is 0 Å². The second kappa shape index (κ2) is 17.9. The molecule has 1 N–H and O–H groups in total. The molecule has 2 aliphatic carbocycles. The molecule has 8 nitrogen and oxygen atoms in total. The standard InChI is InChI=1S/C33H56N4O4S/c1-4-6-23-35(24-7-5-2)25-14-26-36(33(39)28-19-21-29(22-20-28)34-42(3,40)41)27-32(38)37(30-15-10-8-11-16-30)31-17-12-9-13-18-31/h19-22,30-31,34H,4-18,23-27H2,1-3H3. The van der Waals surface area contributed by atoms with Crippen molar-refractivity contribution >= 4 is 27.5 Å². The van der Waals surface area contributed by atoms with Crippen LogP contribution in [0.1, 0.15) is 121 Å². The van der Waals surface area contributed by atoms with Crippen LogP contribution < -0.4 is 4.72 Å². The average Bonchev–Trinajstić information content (AvgIpc) is 2.98. The van der Waals surface area contributed by atoms with Crippen molar-refractivity contribution in [1.29, 1.82) is 0 Å². The molecule has 0 atom stereocenters. The fourth-order valence-corrected chi connectivity index (χ4v) is 7.15. The smallest absolute Gasteiger partial charge is 0.254 e. The first-order valence-corrected chi connectivity index (χ1v) is 18.5. The van der Waals surface area contributed by atoms with Gasteiger partial charge in [-0.3, -0.25) is 14.3 Å². The number of nitrogens with one attached hydrogen (secondary N) is 1. The Bertz CT molecular complexity index is 1020. The van der Waals surface area contributed by atoms with Gasteiger partial charge in [0.25, 0.3) is 5.91 Å². The van der Waals surface area contributed by atoms with E-state index in [0.29, 0.717) is 17.8 Å². The van der Waals surface area contributed by atoms with Gasteiger partial charge in [0.05, 0.1) is 6.26 Å². The average molecular weight is 605 g/mol. The van der Waals surface area contributed by atoms with Gasteiger partial charge in [0.1, 0.15) is 6.54 Å². The van der Waals surface area contributed by atoms with E-state index < -0.39 is 10.0 Å². The summed E-state index contributed by atoms with van der Waals surface area (Å²) in [6.45, 7) is 8.08. The van der Waals surface area contributed by atoms with Crippen molar-refractivity contribution in [3.8, 4) is 0 Å². The normalized spacial score (nSPS) is 16.9. The highest BCUT2D eigenvalue weighted by atomic mass is 32.2. The van der Waals surface area contributed by atoms with Crippen LogP contribution in [-0.2, 0) is 14.8 Å². The fourth-order valence-electron chi connectivity index (χ4n) is 6.58. The topological polar surface area (TPSA) is 90.0 Å². The Morgan fingerprint density at radius 3 is 1.74 bits per heavy atom. The van der Waals surface area contributed by atoms with Crippen LogP contribution in [0.4, 0.5) is 5.69 Å². The summed E-state index contributed by atoms with van der Waals surface area (Å²) in [6.07, 6.45) is 18.0. The molecule has 0 bridgehead atoms. The van der Waals surface area contributed by atoms with E-state index >= 15 is 0 Å². The van der Waals surface area contributed by atoms with Crippen LogP contribution in [0, 0.1) is 0 Å². The van der Waals surface area contributed by atoms with Gasteiger partial charge >= 0.3 is 0 Å². The Morgan fingerprint density at radius 1 is 0.762 bits per heavy atom. The second-order valence-corrected chi connectivity index (χ2v) is 14.2. The van der Waals surface area contributed by atoms with Crippen molar-refractivity contribution in [2.45, 2.75) is 122 Å². The molecule has 2 saturated carbocycles. The maximum atomic E-state index is 14.1. The minimum atomic E-state index is -3.41. The number of hydrogen-bond donors (Lipinski definition) is 1. The molecule has 2 amide bonds. The number of benzene rings is 1. The number of carbonyl (C=O) groups is 2. The number of nitrogens with zero attached hydrogens (tertiary/aromatic N) is 3. The number of amides is 2. The monoisotopic (exact) mass is 604 g/mol. The van der Waals surface area contributed by atoms with E-state index in [2.05, 4.69) is 28.4 Å². The Labute approximate surface area is 255 Å². The van der Waals surface area contributed by atoms with Crippen LogP contribution >= 0.6 is 0 Å². The van der Waals surface area contributed by atoms with Gasteiger partial charge in [-0.1, -0.05) is 65.2 Å². The van der Waals surface area contributed by atoms with Gasteiger partial charge in [0, 0.05) is 29.9 Å². The van der Waals surface area contributed by atoms with E-state index in [1.165, 1.54) is 38.5 Å². The summed E-state index contributed by atoms with van der Waals surface area (Å²) < 4.78 is 25.7. The molecule has 0 spiro atoms. The third-order valence-electron chi connectivity index (χ3n) is 8.83. The first-order chi connectivity index (χ1) is 20.2. The van der Waals surface area contributed by atoms with E-state index in [1.807, 2.05) is 0 Å². The number of rotatable bonds is 17. The maximum Gasteiger partial charge on any atom is 0.254 e. The van der Waals surface area contributed by atoms with Crippen molar-refractivity contribution < 1.29 is 18.0 Å². The fraction of sp³-hybridized carbons (Fsp3) is 0.758. The molecular formula is C33H56N4O4S. The van der Waals surface area contributed by atoms with Crippen molar-refractivity contribution in [3.63, 3.8) is 0 Å². The van der Waals surface area contributed by atoms with Gasteiger partial charge in [0.2, 0.25) is 15.9 Å². The third kappa shape index (κ3) is 11.5. The van der Waals surface area contributed by atoms with Gasteiger partial charge in [-0.2, -0.15) is 0 Å². The first-order valence-electron chi connectivity index (χ1n) is 16.6. The molecule has 9 heteroatoms. The number of hydrogen-bond acceptors (Lipinski definition) is 5. The summed E-state index contributed by atoms with van der Waals surface area (Å²) >= 11 is 0. The highest BCUT2D eigenvalue weighted by Crippen LogP contribution is 2.30. The molecule has 0 heterocycles. The van der Waals surface area contributed by atoms with Crippen molar-refractivity contribution in [2.75, 3.05) is 43.7 Å². The number of carbonyl (C=O) groups excluding carboxylic acids is 2. The lowest BCUT2D eigenvalue weighted by Gasteiger charge is -2.42. The van der Waals surface area contributed by atoms with Gasteiger partial charge in [-0.25, -0.2) is 8.42 Å². The lowest BCUT2D eigenvalue weighted by molar-refractivity contribution is -0.138. The zero-order chi connectivity index (χ0) is 30.4. The molecule has 2 fully saturated rings. The highest BCUT2D eigenvalue weighted by molar-refractivity contribution is 7.92. The molecule has 2 aliphatic rings. The third-order valence-corrected chi connectivity index (χ3v) is 9.44. The number of sulfonamides is 1. The molecular weight excluding hydrogens is 548 g/mol. The molecule has 1 aromatic rings. The molecule has 0 aliphatic heterocycles. The Hall–Kier alpha value is -2.13. The van der Waals surface area contributed by atoms with E-state index in [-0.39, 0.29) is 30.4 Å². The minimum Gasteiger partial charge on any atom is -0.335 e. The summed E-state index contributed by atoms with van der Waals surface area (Å²) in [6, 6.07) is 7.10. The SMILES string of the molecule is CCCCN(CCCC)CCCN(CC(=O)N(C1CCCCC1)C1CCCCC1)C(=O)c1ccc(NS(C)(=O)=O)cc1. The highest BCUT2D eigenvalue weighted by Gasteiger charge is 2.34. The molecule has 3 rings (SSSR count). The van der Waals surface area contributed by atoms with Crippen LogP contribution in [0.2, 0.25) is 0 Å². The van der Waals surface area contributed by atoms with E-state index in [1.54, 1.807) is 29.2 Å². The van der Waals surface area contributed by atoms with E-state index in [9.17, 15) is 18.0 Å². The summed E-state index contributed by atoms with van der Waals surface area (Å²) in [4.78, 5) is 34.4. The predicted octanol–water partition coefficient (Wildman–Crippen LogP) is 6.29. The molecule has 0 radical (unpaired) electrons. The lowest BCUT2D eigenvalue weighted by atomic mass is 9.88. The largest absolute Gasteiger partial charge is 0.335 e. The minimum absolute atomic E-state index is 0.0892. The van der Waals surface area contributed by atoms with Crippen molar-refractivity contribution in [3.05, 3.63) is 29.8 Å². The maximum absolute atomic E-state index is 14.1. The lowest BCUT2D eigenvalue weighted by Crippen LogP contribution is -2.53. The van der Waals surface area contributed by atoms with Gasteiger partial charge in [-0.15, -0.1) is 0 Å².